The van der Waals surface area contributed by atoms with Crippen molar-refractivity contribution in [2.75, 3.05) is 4.90 Å². The van der Waals surface area contributed by atoms with Crippen LogP contribution in [0.1, 0.15) is 0 Å². The van der Waals surface area contributed by atoms with E-state index >= 15 is 0 Å². The first-order valence-electron chi connectivity index (χ1n) is 15.0. The minimum Gasteiger partial charge on any atom is -0.455 e. The molecule has 0 aliphatic carbocycles. The Hall–Kier alpha value is -5.86. The third kappa shape index (κ3) is 3.89. The zero-order chi connectivity index (χ0) is 29.0. The van der Waals surface area contributed by atoms with Gasteiger partial charge in [-0.2, -0.15) is 0 Å². The molecule has 44 heavy (non-hydrogen) atoms. The smallest absolute Gasteiger partial charge is 0.145 e. The zero-order valence-corrected chi connectivity index (χ0v) is 23.9. The molecule has 9 rings (SSSR count). The number of benzene rings is 8. The van der Waals surface area contributed by atoms with Crippen LogP contribution in [0.3, 0.4) is 0 Å². The van der Waals surface area contributed by atoms with E-state index in [-0.39, 0.29) is 0 Å². The van der Waals surface area contributed by atoms with Gasteiger partial charge in [0.15, 0.2) is 0 Å². The van der Waals surface area contributed by atoms with Gasteiger partial charge >= 0.3 is 0 Å². The second kappa shape index (κ2) is 9.86. The van der Waals surface area contributed by atoms with Crippen LogP contribution in [0.5, 0.6) is 0 Å². The highest BCUT2D eigenvalue weighted by molar-refractivity contribution is 6.17. The lowest BCUT2D eigenvalue weighted by atomic mass is 9.98. The number of rotatable bonds is 4. The van der Waals surface area contributed by atoms with Gasteiger partial charge < -0.3 is 9.32 Å². The Labute approximate surface area is 255 Å². The van der Waals surface area contributed by atoms with Crippen LogP contribution >= 0.6 is 0 Å². The quantitative estimate of drug-likeness (QED) is 0.199. The molecule has 0 fully saturated rings. The van der Waals surface area contributed by atoms with Crippen LogP contribution in [0.15, 0.2) is 168 Å². The largest absolute Gasteiger partial charge is 0.455 e. The van der Waals surface area contributed by atoms with E-state index < -0.39 is 0 Å². The maximum absolute atomic E-state index is 6.66. The lowest BCUT2D eigenvalue weighted by Gasteiger charge is -2.27. The summed E-state index contributed by atoms with van der Waals surface area (Å²) in [6.45, 7) is 0. The van der Waals surface area contributed by atoms with Gasteiger partial charge in [-0.25, -0.2) is 0 Å². The molecule has 0 N–H and O–H groups in total. The molecule has 0 saturated carbocycles. The number of hydrogen-bond donors (Lipinski definition) is 0. The molecule has 2 heteroatoms. The van der Waals surface area contributed by atoms with Crippen molar-refractivity contribution in [2.45, 2.75) is 0 Å². The molecule has 0 bridgehead atoms. The van der Waals surface area contributed by atoms with Crippen LogP contribution in [0.4, 0.5) is 17.1 Å². The van der Waals surface area contributed by atoms with Crippen molar-refractivity contribution < 1.29 is 4.42 Å². The molecular weight excluding hydrogens is 534 g/mol. The maximum Gasteiger partial charge on any atom is 0.145 e. The third-order valence-corrected chi connectivity index (χ3v) is 8.81. The van der Waals surface area contributed by atoms with Gasteiger partial charge in [-0.05, 0) is 80.3 Å². The highest BCUT2D eigenvalue weighted by Crippen LogP contribution is 2.47. The fourth-order valence-electron chi connectivity index (χ4n) is 6.72. The van der Waals surface area contributed by atoms with Crippen molar-refractivity contribution in [3.8, 4) is 11.1 Å². The first-order chi connectivity index (χ1) is 21.8. The predicted molar refractivity (Wildman–Crippen MR) is 186 cm³/mol. The standard InChI is InChI=1S/C42H27NO/c1-2-11-29(12-3-1)37-24-25-39(41-38-16-8-9-17-40(38)44-42(37)41)43(33-21-20-28-10-4-5-14-31(28)26-33)34-22-23-36-32(27-34)19-18-30-13-6-7-15-35(30)36/h1-27H. The molecule has 0 saturated heterocycles. The summed E-state index contributed by atoms with van der Waals surface area (Å²) in [6, 6.07) is 58.5. The Balaban J connectivity index is 1.36. The van der Waals surface area contributed by atoms with Crippen molar-refractivity contribution in [1.82, 2.24) is 0 Å². The lowest BCUT2D eigenvalue weighted by Crippen LogP contribution is -2.10. The summed E-state index contributed by atoms with van der Waals surface area (Å²) in [5.74, 6) is 0. The van der Waals surface area contributed by atoms with Crippen molar-refractivity contribution >= 4 is 71.3 Å². The molecule has 8 aromatic carbocycles. The Kier molecular flexibility index (Phi) is 5.54. The van der Waals surface area contributed by atoms with E-state index in [1.54, 1.807) is 0 Å². The van der Waals surface area contributed by atoms with Crippen molar-refractivity contribution in [3.63, 3.8) is 0 Å². The summed E-state index contributed by atoms with van der Waals surface area (Å²) < 4.78 is 6.66. The Morgan fingerprint density at radius 1 is 0.409 bits per heavy atom. The van der Waals surface area contributed by atoms with Crippen LogP contribution in [-0.2, 0) is 0 Å². The van der Waals surface area contributed by atoms with Gasteiger partial charge in [0.1, 0.15) is 11.2 Å². The van der Waals surface area contributed by atoms with Crippen molar-refractivity contribution in [3.05, 3.63) is 164 Å². The molecule has 206 valence electrons. The van der Waals surface area contributed by atoms with E-state index in [0.717, 1.165) is 50.1 Å². The summed E-state index contributed by atoms with van der Waals surface area (Å²) in [4.78, 5) is 2.39. The number of para-hydroxylation sites is 1. The molecule has 0 unspecified atom stereocenters. The molecule has 0 spiro atoms. The summed E-state index contributed by atoms with van der Waals surface area (Å²) in [5.41, 5.74) is 7.29. The van der Waals surface area contributed by atoms with Crippen LogP contribution in [0.25, 0.3) is 65.4 Å². The van der Waals surface area contributed by atoms with E-state index in [9.17, 15) is 0 Å². The fourth-order valence-corrected chi connectivity index (χ4v) is 6.72. The second-order valence-electron chi connectivity index (χ2n) is 11.4. The summed E-state index contributed by atoms with van der Waals surface area (Å²) in [7, 11) is 0. The monoisotopic (exact) mass is 561 g/mol. The van der Waals surface area contributed by atoms with Crippen LogP contribution < -0.4 is 4.90 Å². The SMILES string of the molecule is c1ccc(-c2ccc(N(c3ccc4ccccc4c3)c3ccc4c(ccc5ccccc54)c3)c3c2oc2ccccc23)cc1. The minimum atomic E-state index is 0.885. The normalized spacial score (nSPS) is 11.6. The maximum atomic E-state index is 6.66. The second-order valence-corrected chi connectivity index (χ2v) is 11.4. The molecule has 0 aliphatic rings. The highest BCUT2D eigenvalue weighted by Gasteiger charge is 2.22. The Bertz CT molecular complexity index is 2510. The van der Waals surface area contributed by atoms with E-state index in [0.29, 0.717) is 0 Å². The molecule has 2 nitrogen and oxygen atoms in total. The number of furan rings is 1. The average Bonchev–Trinajstić information content (AvgIpc) is 3.49. The zero-order valence-electron chi connectivity index (χ0n) is 23.9. The minimum absolute atomic E-state index is 0.885. The number of nitrogens with zero attached hydrogens (tertiary/aromatic N) is 1. The van der Waals surface area contributed by atoms with Crippen molar-refractivity contribution in [1.29, 1.82) is 0 Å². The lowest BCUT2D eigenvalue weighted by molar-refractivity contribution is 0.670. The first kappa shape index (κ1) is 24.7. The Morgan fingerprint density at radius 3 is 1.89 bits per heavy atom. The summed E-state index contributed by atoms with van der Waals surface area (Å²) in [5, 5.41) is 9.62. The van der Waals surface area contributed by atoms with Gasteiger partial charge in [0, 0.05) is 22.3 Å². The van der Waals surface area contributed by atoms with Gasteiger partial charge in [0.2, 0.25) is 0 Å². The van der Waals surface area contributed by atoms with E-state index in [1.807, 2.05) is 6.07 Å². The number of fused-ring (bicyclic) bond motifs is 7. The first-order valence-corrected chi connectivity index (χ1v) is 15.0. The number of hydrogen-bond acceptors (Lipinski definition) is 2. The van der Waals surface area contributed by atoms with Gasteiger partial charge in [0.05, 0.1) is 11.1 Å². The topological polar surface area (TPSA) is 16.4 Å². The highest BCUT2D eigenvalue weighted by atomic mass is 16.3. The predicted octanol–water partition coefficient (Wildman–Crippen LogP) is 12.2. The van der Waals surface area contributed by atoms with Crippen LogP contribution in [0, 0.1) is 0 Å². The molecule has 0 aliphatic heterocycles. The van der Waals surface area contributed by atoms with Crippen LogP contribution in [0.2, 0.25) is 0 Å². The molecule has 1 heterocycles. The van der Waals surface area contributed by atoms with Gasteiger partial charge in [0.25, 0.3) is 0 Å². The number of anilines is 3. The van der Waals surface area contributed by atoms with E-state index in [2.05, 4.69) is 163 Å². The summed E-state index contributed by atoms with van der Waals surface area (Å²) in [6.07, 6.45) is 0. The third-order valence-electron chi connectivity index (χ3n) is 8.81. The molecule has 1 aromatic heterocycles. The van der Waals surface area contributed by atoms with Gasteiger partial charge in [-0.15, -0.1) is 0 Å². The van der Waals surface area contributed by atoms with E-state index in [1.165, 1.54) is 32.3 Å². The summed E-state index contributed by atoms with van der Waals surface area (Å²) >= 11 is 0. The molecule has 9 aromatic rings. The van der Waals surface area contributed by atoms with Crippen molar-refractivity contribution in [2.24, 2.45) is 0 Å². The van der Waals surface area contributed by atoms with Crippen LogP contribution in [-0.4, -0.2) is 0 Å². The molecule has 0 atom stereocenters. The average molecular weight is 562 g/mol. The fraction of sp³-hybridized carbons (Fsp3) is 0. The molecular formula is C42H27NO. The van der Waals surface area contributed by atoms with Gasteiger partial charge in [-0.1, -0.05) is 121 Å². The molecule has 0 amide bonds. The van der Waals surface area contributed by atoms with Gasteiger partial charge in [-0.3, -0.25) is 0 Å². The van der Waals surface area contributed by atoms with E-state index in [4.69, 9.17) is 4.42 Å². The Morgan fingerprint density at radius 2 is 1.02 bits per heavy atom. The molecule has 0 radical (unpaired) electrons.